The Morgan fingerprint density at radius 3 is 2.62 bits per heavy atom. The Balaban J connectivity index is 1.80. The van der Waals surface area contributed by atoms with E-state index in [1.165, 1.54) is 18.2 Å². The summed E-state index contributed by atoms with van der Waals surface area (Å²) < 4.78 is 18.3. The van der Waals surface area contributed by atoms with E-state index < -0.39 is 17.9 Å². The fraction of sp³-hybridized carbons (Fsp3) is 0.111. The molecule has 1 amide bonds. The summed E-state index contributed by atoms with van der Waals surface area (Å²) in [7, 11) is 0. The summed E-state index contributed by atoms with van der Waals surface area (Å²) in [6, 6.07) is 12.8. The molecule has 0 bridgehead atoms. The summed E-state index contributed by atoms with van der Waals surface area (Å²) in [5.74, 6) is -1.84. The van der Waals surface area contributed by atoms with Gasteiger partial charge in [-0.25, -0.2) is 14.0 Å². The van der Waals surface area contributed by atoms with Crippen LogP contribution in [0.25, 0.3) is 6.08 Å². The number of aromatic carboxylic acids is 1. The van der Waals surface area contributed by atoms with Crippen LogP contribution in [0, 0.1) is 5.82 Å². The number of rotatable bonds is 6. The number of carboxylic acid groups (broad SMARTS) is 1. The van der Waals surface area contributed by atoms with Gasteiger partial charge in [0.2, 0.25) is 0 Å². The Kier molecular flexibility index (Phi) is 6.08. The number of hydrogen-bond donors (Lipinski definition) is 2. The van der Waals surface area contributed by atoms with Crippen molar-refractivity contribution in [1.29, 1.82) is 0 Å². The van der Waals surface area contributed by atoms with Gasteiger partial charge in [-0.05, 0) is 29.3 Å². The molecule has 0 aliphatic heterocycles. The topological polar surface area (TPSA) is 75.6 Å². The lowest BCUT2D eigenvalue weighted by Crippen LogP contribution is -2.24. The van der Waals surface area contributed by atoms with Gasteiger partial charge in [-0.15, -0.1) is 0 Å². The summed E-state index contributed by atoms with van der Waals surface area (Å²) in [6.45, 7) is 0.342. The van der Waals surface area contributed by atoms with E-state index >= 15 is 0 Å². The van der Waals surface area contributed by atoms with Crippen molar-refractivity contribution in [2.45, 2.75) is 6.61 Å². The van der Waals surface area contributed by atoms with Crippen LogP contribution in [0.2, 0.25) is 0 Å². The SMILES string of the molecule is O=C(NCC=Cc1cc(F)cc(C(=O)O)c1)OCc1ccccc1. The quantitative estimate of drug-likeness (QED) is 0.851. The van der Waals surface area contributed by atoms with Gasteiger partial charge in [0, 0.05) is 6.54 Å². The third kappa shape index (κ3) is 5.57. The number of ether oxygens (including phenoxy) is 1. The van der Waals surface area contributed by atoms with Crippen molar-refractivity contribution in [3.63, 3.8) is 0 Å². The molecule has 0 aliphatic rings. The van der Waals surface area contributed by atoms with E-state index in [0.29, 0.717) is 5.56 Å². The minimum absolute atomic E-state index is 0.134. The van der Waals surface area contributed by atoms with Gasteiger partial charge in [0.1, 0.15) is 12.4 Å². The van der Waals surface area contributed by atoms with Crippen LogP contribution < -0.4 is 5.32 Å². The molecule has 2 N–H and O–H groups in total. The molecule has 0 spiro atoms. The molecular weight excluding hydrogens is 313 g/mol. The van der Waals surface area contributed by atoms with Crippen LogP contribution >= 0.6 is 0 Å². The van der Waals surface area contributed by atoms with E-state index in [-0.39, 0.29) is 18.7 Å². The highest BCUT2D eigenvalue weighted by molar-refractivity contribution is 5.88. The van der Waals surface area contributed by atoms with Gasteiger partial charge in [0.25, 0.3) is 0 Å². The van der Waals surface area contributed by atoms with Crippen molar-refractivity contribution in [1.82, 2.24) is 5.32 Å². The number of hydrogen-bond acceptors (Lipinski definition) is 3. The summed E-state index contributed by atoms with van der Waals surface area (Å²) in [5.41, 5.74) is 1.14. The zero-order valence-electron chi connectivity index (χ0n) is 12.7. The smallest absolute Gasteiger partial charge is 0.407 e. The molecule has 0 fully saturated rings. The minimum Gasteiger partial charge on any atom is -0.478 e. The first-order valence-corrected chi connectivity index (χ1v) is 7.19. The molecule has 6 heteroatoms. The van der Waals surface area contributed by atoms with Gasteiger partial charge >= 0.3 is 12.1 Å². The highest BCUT2D eigenvalue weighted by Crippen LogP contribution is 2.11. The van der Waals surface area contributed by atoms with E-state index in [1.54, 1.807) is 6.08 Å². The third-order valence-corrected chi connectivity index (χ3v) is 3.05. The van der Waals surface area contributed by atoms with Gasteiger partial charge in [-0.2, -0.15) is 0 Å². The summed E-state index contributed by atoms with van der Waals surface area (Å²) in [5, 5.41) is 11.4. The summed E-state index contributed by atoms with van der Waals surface area (Å²) in [6.07, 6.45) is 2.52. The molecule has 0 radical (unpaired) electrons. The number of carbonyl (C=O) groups is 2. The normalized spacial score (nSPS) is 10.5. The maximum absolute atomic E-state index is 13.3. The molecule has 0 aromatic heterocycles. The number of carboxylic acids is 1. The van der Waals surface area contributed by atoms with E-state index in [4.69, 9.17) is 9.84 Å². The van der Waals surface area contributed by atoms with E-state index in [9.17, 15) is 14.0 Å². The second-order valence-corrected chi connectivity index (χ2v) is 4.92. The van der Waals surface area contributed by atoms with E-state index in [2.05, 4.69) is 5.32 Å². The molecule has 0 atom stereocenters. The minimum atomic E-state index is -1.20. The number of amides is 1. The van der Waals surface area contributed by atoms with Crippen molar-refractivity contribution in [2.24, 2.45) is 0 Å². The van der Waals surface area contributed by atoms with Gasteiger partial charge < -0.3 is 15.2 Å². The number of benzene rings is 2. The molecule has 0 unspecified atom stereocenters. The maximum atomic E-state index is 13.3. The monoisotopic (exact) mass is 329 g/mol. The molecule has 24 heavy (non-hydrogen) atoms. The number of carbonyl (C=O) groups excluding carboxylic acids is 1. The largest absolute Gasteiger partial charge is 0.478 e. The predicted octanol–water partition coefficient (Wildman–Crippen LogP) is 3.46. The van der Waals surface area contributed by atoms with Crippen LogP contribution in [0.15, 0.2) is 54.6 Å². The van der Waals surface area contributed by atoms with Crippen molar-refractivity contribution in [2.75, 3.05) is 6.54 Å². The van der Waals surface area contributed by atoms with Crippen molar-refractivity contribution < 1.29 is 23.8 Å². The van der Waals surface area contributed by atoms with Gasteiger partial charge in [-0.1, -0.05) is 42.5 Å². The highest BCUT2D eigenvalue weighted by Gasteiger charge is 2.05. The lowest BCUT2D eigenvalue weighted by atomic mass is 10.1. The van der Waals surface area contributed by atoms with Crippen LogP contribution in [-0.4, -0.2) is 23.7 Å². The lowest BCUT2D eigenvalue weighted by molar-refractivity contribution is 0.0696. The van der Waals surface area contributed by atoms with Crippen LogP contribution in [0.5, 0.6) is 0 Å². The van der Waals surface area contributed by atoms with Crippen LogP contribution in [0.3, 0.4) is 0 Å². The maximum Gasteiger partial charge on any atom is 0.407 e. The Morgan fingerprint density at radius 1 is 1.17 bits per heavy atom. The predicted molar refractivity (Wildman–Crippen MR) is 87.0 cm³/mol. The molecule has 5 nitrogen and oxygen atoms in total. The molecule has 0 saturated heterocycles. The molecule has 2 aromatic carbocycles. The molecule has 0 saturated carbocycles. The van der Waals surface area contributed by atoms with Crippen molar-refractivity contribution in [3.05, 3.63) is 77.1 Å². The zero-order valence-corrected chi connectivity index (χ0v) is 12.7. The van der Waals surface area contributed by atoms with E-state index in [1.807, 2.05) is 30.3 Å². The Labute approximate surface area is 138 Å². The Morgan fingerprint density at radius 2 is 1.92 bits per heavy atom. The molecule has 0 aliphatic carbocycles. The number of nitrogens with one attached hydrogen (secondary N) is 1. The van der Waals surface area contributed by atoms with Crippen molar-refractivity contribution in [3.8, 4) is 0 Å². The second kappa shape index (κ2) is 8.47. The second-order valence-electron chi connectivity index (χ2n) is 4.92. The fourth-order valence-electron chi connectivity index (χ4n) is 1.94. The first-order chi connectivity index (χ1) is 11.5. The molecule has 2 rings (SSSR count). The average Bonchev–Trinajstić information content (AvgIpc) is 2.57. The van der Waals surface area contributed by atoms with Crippen LogP contribution in [0.4, 0.5) is 9.18 Å². The molecular formula is C18H16FNO4. The molecule has 124 valence electrons. The number of halogens is 1. The Bertz CT molecular complexity index is 744. The van der Waals surface area contributed by atoms with Gasteiger partial charge in [0.15, 0.2) is 0 Å². The Hall–Kier alpha value is -3.15. The van der Waals surface area contributed by atoms with Crippen molar-refractivity contribution >= 4 is 18.1 Å². The average molecular weight is 329 g/mol. The van der Waals surface area contributed by atoms with Crippen LogP contribution in [-0.2, 0) is 11.3 Å². The van der Waals surface area contributed by atoms with Gasteiger partial charge in [-0.3, -0.25) is 0 Å². The summed E-state index contributed by atoms with van der Waals surface area (Å²) >= 11 is 0. The van der Waals surface area contributed by atoms with E-state index in [0.717, 1.165) is 11.6 Å². The van der Waals surface area contributed by atoms with Gasteiger partial charge in [0.05, 0.1) is 5.56 Å². The zero-order chi connectivity index (χ0) is 17.4. The third-order valence-electron chi connectivity index (χ3n) is 3.05. The first-order valence-electron chi connectivity index (χ1n) is 7.19. The molecule has 2 aromatic rings. The summed E-state index contributed by atoms with van der Waals surface area (Å²) in [4.78, 5) is 22.4. The molecule has 0 heterocycles. The van der Waals surface area contributed by atoms with Crippen LogP contribution in [0.1, 0.15) is 21.5 Å². The highest BCUT2D eigenvalue weighted by atomic mass is 19.1. The first kappa shape index (κ1) is 17.2. The fourth-order valence-corrected chi connectivity index (χ4v) is 1.94. The number of alkyl carbamates (subject to hydrolysis) is 1. The standard InChI is InChI=1S/C18H16FNO4/c19-16-10-14(9-15(11-16)17(21)22)7-4-8-20-18(23)24-12-13-5-2-1-3-6-13/h1-7,9-11H,8,12H2,(H,20,23)(H,21,22). The lowest BCUT2D eigenvalue weighted by Gasteiger charge is -2.05.